The van der Waals surface area contributed by atoms with Crippen molar-refractivity contribution in [3.63, 3.8) is 0 Å². The zero-order chi connectivity index (χ0) is 48.8. The van der Waals surface area contributed by atoms with Gasteiger partial charge in [0, 0.05) is 31.7 Å². The van der Waals surface area contributed by atoms with Gasteiger partial charge in [0.15, 0.2) is 6.29 Å². The van der Waals surface area contributed by atoms with E-state index >= 15 is 0 Å². The summed E-state index contributed by atoms with van der Waals surface area (Å²) in [5.41, 5.74) is 6.76. The molecule has 19 nitrogen and oxygen atoms in total. The first-order chi connectivity index (χ1) is 30.6. The third-order valence-electron chi connectivity index (χ3n) is 11.5. The molecule has 16 N–H and O–H groups in total. The monoisotopic (exact) mass is 931 g/mol. The number of rotatable bonds is 32. The molecule has 0 saturated carbocycles. The lowest BCUT2D eigenvalue weighted by Crippen LogP contribution is -2.58. The number of nitrogens with two attached hydrogens (primary N) is 1. The van der Waals surface area contributed by atoms with Gasteiger partial charge in [0.25, 0.3) is 0 Å². The Kier molecular flexibility index (Phi) is 27.2. The predicted molar refractivity (Wildman–Crippen MR) is 238 cm³/mol. The number of nitrogens with one attached hydrogen (secondary N) is 1. The Hall–Kier alpha value is -2.96. The number of hydrogen-bond donors (Lipinski definition) is 15. The van der Waals surface area contributed by atoms with Gasteiger partial charge in [-0.2, -0.15) is 0 Å². The van der Waals surface area contributed by atoms with Gasteiger partial charge in [-0.15, -0.1) is 0 Å². The number of amides is 1. The van der Waals surface area contributed by atoms with E-state index in [9.17, 15) is 76.0 Å². The zero-order valence-corrected chi connectivity index (χ0v) is 37.9. The molecule has 1 fully saturated rings. The summed E-state index contributed by atoms with van der Waals surface area (Å²) in [6.07, 6.45) is -10.5. The smallest absolute Gasteiger partial charge is 0.237 e. The summed E-state index contributed by atoms with van der Waals surface area (Å²) in [4.78, 5) is 25.2. The topological polar surface area (TPSA) is 354 Å². The molecule has 19 heteroatoms. The Morgan fingerprint density at radius 3 is 1.80 bits per heavy atom. The minimum absolute atomic E-state index is 0.0358. The van der Waals surface area contributed by atoms with Crippen LogP contribution in [0.2, 0.25) is 0 Å². The molecule has 17 unspecified atom stereocenters. The lowest BCUT2D eigenvalue weighted by atomic mass is 9.91. The van der Waals surface area contributed by atoms with Gasteiger partial charge in [-0.1, -0.05) is 50.3 Å². The van der Waals surface area contributed by atoms with Gasteiger partial charge in [0.2, 0.25) is 5.91 Å². The molecule has 1 aliphatic rings. The highest BCUT2D eigenvalue weighted by Gasteiger charge is 2.44. The van der Waals surface area contributed by atoms with E-state index in [0.717, 1.165) is 5.56 Å². The molecule has 1 saturated heterocycles. The number of phenols is 1. The largest absolute Gasteiger partial charge is 0.508 e. The van der Waals surface area contributed by atoms with E-state index in [4.69, 9.17) is 15.2 Å². The Labute approximate surface area is 381 Å². The van der Waals surface area contributed by atoms with E-state index in [1.54, 1.807) is 26.0 Å². The predicted octanol–water partition coefficient (Wildman–Crippen LogP) is -1.14. The number of phenolic OH excluding ortho intramolecular Hbond substituents is 1. The number of carbonyl (C=O) groups excluding carboxylic acids is 2. The van der Waals surface area contributed by atoms with Gasteiger partial charge >= 0.3 is 0 Å². The first-order valence-corrected chi connectivity index (χ1v) is 22.7. The third-order valence-corrected chi connectivity index (χ3v) is 11.5. The molecule has 65 heavy (non-hydrogen) atoms. The Balaban J connectivity index is 1.60. The van der Waals surface area contributed by atoms with Crippen molar-refractivity contribution in [1.29, 1.82) is 0 Å². The Morgan fingerprint density at radius 2 is 1.25 bits per heavy atom. The summed E-state index contributed by atoms with van der Waals surface area (Å²) in [6.45, 7) is 5.13. The van der Waals surface area contributed by atoms with Crippen LogP contribution < -0.4 is 11.1 Å². The Morgan fingerprint density at radius 1 is 0.738 bits per heavy atom. The number of benzene rings is 1. The first-order valence-electron chi connectivity index (χ1n) is 22.7. The molecule has 0 aliphatic carbocycles. The van der Waals surface area contributed by atoms with E-state index < -0.39 is 104 Å². The van der Waals surface area contributed by atoms with Crippen molar-refractivity contribution in [3.05, 3.63) is 54.1 Å². The van der Waals surface area contributed by atoms with Crippen LogP contribution in [-0.4, -0.2) is 182 Å². The van der Waals surface area contributed by atoms with Gasteiger partial charge < -0.3 is 86.9 Å². The highest BCUT2D eigenvalue weighted by molar-refractivity contribution is 5.82. The lowest BCUT2D eigenvalue weighted by molar-refractivity contribution is -0.306. The van der Waals surface area contributed by atoms with Crippen LogP contribution in [0.3, 0.4) is 0 Å². The molecule has 0 aromatic heterocycles. The second-order valence-corrected chi connectivity index (χ2v) is 17.6. The molecule has 17 atom stereocenters. The molecule has 2 rings (SSSR count). The minimum atomic E-state index is -1.54. The van der Waals surface area contributed by atoms with Crippen molar-refractivity contribution in [3.8, 4) is 5.75 Å². The molecule has 374 valence electrons. The summed E-state index contributed by atoms with van der Waals surface area (Å²) in [7, 11) is 0. The zero-order valence-electron chi connectivity index (χ0n) is 37.9. The van der Waals surface area contributed by atoms with Crippen molar-refractivity contribution in [2.45, 2.75) is 202 Å². The second-order valence-electron chi connectivity index (χ2n) is 17.6. The minimum Gasteiger partial charge on any atom is -0.508 e. The van der Waals surface area contributed by atoms with E-state index in [-0.39, 0.29) is 75.2 Å². The normalized spacial score (nSPS) is 25.0. The number of aliphatic hydroxyl groups excluding tert-OH is 12. The number of carbonyl (C=O) groups is 2. The standard InChI is InChI=1S/C46H78N2O17/c1-4-41(65-46-44(62)43(61)42(60)27(3)64-46)26(2)40(59)25-38(58)24-37(57)22-33(53)11-6-10-32(52)21-36(56)23-35(55)20-31(51)9-5-8-30(50)19-34(54)12-7-17-48-45(63)39(47)18-28-13-15-29(49)16-14-28/h5-6,9,11,13-16,26-27,30-39,41-44,46,49-58,60-62H,4,7-8,10,12,17-25,47H2,1-3H3,(H,48,63). The van der Waals surface area contributed by atoms with Gasteiger partial charge in [-0.05, 0) is 88.8 Å². The fourth-order valence-electron chi connectivity index (χ4n) is 7.59. The molecular weight excluding hydrogens is 853 g/mol. The van der Waals surface area contributed by atoms with Crippen LogP contribution >= 0.6 is 0 Å². The van der Waals surface area contributed by atoms with E-state index in [0.29, 0.717) is 32.2 Å². The maximum absolute atomic E-state index is 12.9. The number of ketones is 1. The van der Waals surface area contributed by atoms with Gasteiger partial charge in [0.1, 0.15) is 29.8 Å². The highest BCUT2D eigenvalue weighted by atomic mass is 16.7. The molecule has 1 amide bonds. The van der Waals surface area contributed by atoms with Crippen LogP contribution in [-0.2, 0) is 25.5 Å². The van der Waals surface area contributed by atoms with Crippen molar-refractivity contribution >= 4 is 11.7 Å². The van der Waals surface area contributed by atoms with Crippen molar-refractivity contribution in [2.75, 3.05) is 6.54 Å². The van der Waals surface area contributed by atoms with Crippen molar-refractivity contribution in [2.24, 2.45) is 11.7 Å². The average Bonchev–Trinajstić information content (AvgIpc) is 3.22. The number of ether oxygens (including phenoxy) is 2. The van der Waals surface area contributed by atoms with Crippen molar-refractivity contribution in [1.82, 2.24) is 5.32 Å². The summed E-state index contributed by atoms with van der Waals surface area (Å²) >= 11 is 0. The summed E-state index contributed by atoms with van der Waals surface area (Å²) < 4.78 is 11.3. The maximum Gasteiger partial charge on any atom is 0.237 e. The maximum atomic E-state index is 12.9. The molecule has 0 spiro atoms. The van der Waals surface area contributed by atoms with Crippen LogP contribution in [0.1, 0.15) is 103 Å². The lowest BCUT2D eigenvalue weighted by Gasteiger charge is -2.40. The molecule has 1 heterocycles. The number of aromatic hydroxyl groups is 1. The quantitative estimate of drug-likeness (QED) is 0.0300. The van der Waals surface area contributed by atoms with Crippen LogP contribution in [0.15, 0.2) is 48.6 Å². The van der Waals surface area contributed by atoms with Crippen LogP contribution in [0.25, 0.3) is 0 Å². The molecular formula is C46H78N2O17. The van der Waals surface area contributed by atoms with Crippen LogP contribution in [0.4, 0.5) is 0 Å². The average molecular weight is 931 g/mol. The van der Waals surface area contributed by atoms with E-state index in [2.05, 4.69) is 5.32 Å². The van der Waals surface area contributed by atoms with E-state index in [1.165, 1.54) is 43.4 Å². The fourth-order valence-corrected chi connectivity index (χ4v) is 7.59. The highest BCUT2D eigenvalue weighted by Crippen LogP contribution is 2.26. The molecule has 0 radical (unpaired) electrons. The third kappa shape index (κ3) is 23.1. The summed E-state index contributed by atoms with van der Waals surface area (Å²) in [5.74, 6) is -1.35. The number of Topliss-reactive ketones (excluding diaryl/α,β-unsaturated/α-hetero) is 1. The van der Waals surface area contributed by atoms with Gasteiger partial charge in [-0.3, -0.25) is 9.59 Å². The van der Waals surface area contributed by atoms with Crippen LogP contribution in [0, 0.1) is 5.92 Å². The molecule has 1 aliphatic heterocycles. The molecule has 0 bridgehead atoms. The molecule has 1 aromatic rings. The second kappa shape index (κ2) is 30.4. The Bertz CT molecular complexity index is 1540. The van der Waals surface area contributed by atoms with Gasteiger partial charge in [0.05, 0.1) is 73.2 Å². The summed E-state index contributed by atoms with van der Waals surface area (Å²) in [5, 5.41) is 136. The van der Waals surface area contributed by atoms with Crippen LogP contribution in [0.5, 0.6) is 5.75 Å². The van der Waals surface area contributed by atoms with Crippen molar-refractivity contribution < 1.29 is 85.4 Å². The van der Waals surface area contributed by atoms with E-state index in [1.807, 2.05) is 0 Å². The number of aliphatic hydroxyl groups is 12. The fraction of sp³-hybridized carbons (Fsp3) is 0.739. The molecule has 1 aromatic carbocycles. The summed E-state index contributed by atoms with van der Waals surface area (Å²) in [6, 6.07) is 5.63. The number of hydrogen-bond acceptors (Lipinski definition) is 18. The SMILES string of the molecule is CCC(OC1OC(C)C(O)C(O)C1O)C(C)C(=O)CC(O)CC(O)CC(O)C=CCC(O)CC(O)CC(O)CC(O)C=CCC(O)CC(O)CCCNC(=O)C(N)Cc1ccc(O)cc1. The first kappa shape index (κ1) is 58.2. The van der Waals surface area contributed by atoms with Gasteiger partial charge in [-0.25, -0.2) is 0 Å².